The first-order valence-corrected chi connectivity index (χ1v) is 8.68. The van der Waals surface area contributed by atoms with Crippen molar-refractivity contribution in [3.8, 4) is 0 Å². The molecule has 0 amide bonds. The first kappa shape index (κ1) is 17.0. The van der Waals surface area contributed by atoms with E-state index in [1.165, 1.54) is 70.6 Å². The van der Waals surface area contributed by atoms with Crippen LogP contribution in [0.25, 0.3) is 0 Å². The van der Waals surface area contributed by atoms with Crippen molar-refractivity contribution in [2.24, 2.45) is 0 Å². The second kappa shape index (κ2) is 11.7. The Morgan fingerprint density at radius 1 is 1.05 bits per heavy atom. The molecule has 114 valence electrons. The molecule has 2 heteroatoms. The van der Waals surface area contributed by atoms with E-state index in [-0.39, 0.29) is 0 Å². The fourth-order valence-electron chi connectivity index (χ4n) is 2.95. The van der Waals surface area contributed by atoms with E-state index in [1.54, 1.807) is 0 Å². The van der Waals surface area contributed by atoms with Crippen LogP contribution in [0.2, 0.25) is 0 Å². The zero-order valence-electron chi connectivity index (χ0n) is 13.3. The molecule has 1 atom stereocenters. The highest BCUT2D eigenvalue weighted by Gasteiger charge is 2.11. The van der Waals surface area contributed by atoms with Gasteiger partial charge in [-0.3, -0.25) is 0 Å². The van der Waals surface area contributed by atoms with Gasteiger partial charge < -0.3 is 10.1 Å². The minimum atomic E-state index is 0.438. The molecule has 19 heavy (non-hydrogen) atoms. The monoisotopic (exact) mass is 269 g/mol. The fraction of sp³-hybridized carbons (Fsp3) is 1.00. The number of rotatable bonds is 10. The van der Waals surface area contributed by atoms with Crippen LogP contribution in [0.5, 0.6) is 0 Å². The van der Waals surface area contributed by atoms with Gasteiger partial charge in [0.15, 0.2) is 0 Å². The van der Waals surface area contributed by atoms with Crippen LogP contribution in [0.15, 0.2) is 0 Å². The largest absolute Gasteiger partial charge is 0.377 e. The van der Waals surface area contributed by atoms with Gasteiger partial charge >= 0.3 is 0 Å². The van der Waals surface area contributed by atoms with Crippen LogP contribution in [0.1, 0.15) is 84.5 Å². The lowest BCUT2D eigenvalue weighted by Crippen LogP contribution is -2.32. The summed E-state index contributed by atoms with van der Waals surface area (Å²) in [7, 11) is 0. The summed E-state index contributed by atoms with van der Waals surface area (Å²) in [5.41, 5.74) is 0. The standard InChI is InChI=1S/C17H35NO/c1-3-4-5-8-11-16(2)19-15-14-18-17-12-9-6-7-10-13-17/h16-18H,3-15H2,1-2H3. The van der Waals surface area contributed by atoms with Gasteiger partial charge in [-0.1, -0.05) is 58.3 Å². The Labute approximate surface area is 120 Å². The highest BCUT2D eigenvalue weighted by Crippen LogP contribution is 2.17. The molecule has 1 aliphatic carbocycles. The Kier molecular flexibility index (Phi) is 10.5. The van der Waals surface area contributed by atoms with Gasteiger partial charge in [-0.2, -0.15) is 0 Å². The molecule has 2 nitrogen and oxygen atoms in total. The fourth-order valence-corrected chi connectivity index (χ4v) is 2.95. The van der Waals surface area contributed by atoms with Gasteiger partial charge in [0.05, 0.1) is 12.7 Å². The second-order valence-corrected chi connectivity index (χ2v) is 6.17. The number of hydrogen-bond donors (Lipinski definition) is 1. The molecule has 1 rings (SSSR count). The van der Waals surface area contributed by atoms with Crippen molar-refractivity contribution in [1.82, 2.24) is 5.32 Å². The molecule has 1 unspecified atom stereocenters. The minimum absolute atomic E-state index is 0.438. The maximum Gasteiger partial charge on any atom is 0.0594 e. The zero-order chi connectivity index (χ0) is 13.8. The smallest absolute Gasteiger partial charge is 0.0594 e. The highest BCUT2D eigenvalue weighted by atomic mass is 16.5. The third kappa shape index (κ3) is 9.45. The van der Waals surface area contributed by atoms with Crippen LogP contribution in [0.4, 0.5) is 0 Å². The maximum absolute atomic E-state index is 5.88. The Morgan fingerprint density at radius 2 is 1.79 bits per heavy atom. The molecule has 0 heterocycles. The van der Waals surface area contributed by atoms with Crippen molar-refractivity contribution in [1.29, 1.82) is 0 Å². The minimum Gasteiger partial charge on any atom is -0.377 e. The van der Waals surface area contributed by atoms with Gasteiger partial charge in [-0.15, -0.1) is 0 Å². The number of hydrogen-bond acceptors (Lipinski definition) is 2. The summed E-state index contributed by atoms with van der Waals surface area (Å²) < 4.78 is 5.88. The normalized spacial score (nSPS) is 19.3. The van der Waals surface area contributed by atoms with Crippen molar-refractivity contribution >= 4 is 0 Å². The molecule has 0 spiro atoms. The topological polar surface area (TPSA) is 21.3 Å². The molecule has 0 aromatic rings. The summed E-state index contributed by atoms with van der Waals surface area (Å²) in [6.45, 7) is 6.39. The van der Waals surface area contributed by atoms with Crippen molar-refractivity contribution < 1.29 is 4.74 Å². The van der Waals surface area contributed by atoms with Gasteiger partial charge in [0, 0.05) is 12.6 Å². The van der Waals surface area contributed by atoms with E-state index in [0.29, 0.717) is 6.10 Å². The van der Waals surface area contributed by atoms with Crippen LogP contribution in [0, 0.1) is 0 Å². The van der Waals surface area contributed by atoms with Gasteiger partial charge in [-0.25, -0.2) is 0 Å². The lowest BCUT2D eigenvalue weighted by atomic mass is 10.1. The summed E-state index contributed by atoms with van der Waals surface area (Å²) >= 11 is 0. The van der Waals surface area contributed by atoms with E-state index in [2.05, 4.69) is 19.2 Å². The van der Waals surface area contributed by atoms with E-state index >= 15 is 0 Å². The number of unbranched alkanes of at least 4 members (excludes halogenated alkanes) is 3. The van der Waals surface area contributed by atoms with Crippen molar-refractivity contribution in [3.05, 3.63) is 0 Å². The first-order chi connectivity index (χ1) is 9.33. The van der Waals surface area contributed by atoms with Crippen molar-refractivity contribution in [2.75, 3.05) is 13.2 Å². The molecule has 0 aromatic heterocycles. The first-order valence-electron chi connectivity index (χ1n) is 8.68. The summed E-state index contributed by atoms with van der Waals surface area (Å²) in [6.07, 6.45) is 15.5. The zero-order valence-corrected chi connectivity index (χ0v) is 13.3. The molecule has 1 saturated carbocycles. The highest BCUT2D eigenvalue weighted by molar-refractivity contribution is 4.70. The van der Waals surface area contributed by atoms with Gasteiger partial charge in [-0.05, 0) is 26.2 Å². The Balaban J connectivity index is 1.91. The molecule has 0 radical (unpaired) electrons. The summed E-state index contributed by atoms with van der Waals surface area (Å²) in [5, 5.41) is 3.67. The molecular weight excluding hydrogens is 234 g/mol. The molecule has 1 N–H and O–H groups in total. The summed E-state index contributed by atoms with van der Waals surface area (Å²) in [5.74, 6) is 0. The number of nitrogens with one attached hydrogen (secondary N) is 1. The van der Waals surface area contributed by atoms with Crippen LogP contribution in [-0.4, -0.2) is 25.3 Å². The lowest BCUT2D eigenvalue weighted by Gasteiger charge is -2.18. The Hall–Kier alpha value is -0.0800. The van der Waals surface area contributed by atoms with E-state index in [9.17, 15) is 0 Å². The van der Waals surface area contributed by atoms with Gasteiger partial charge in [0.2, 0.25) is 0 Å². The Bertz CT molecular complexity index is 188. The number of ether oxygens (including phenoxy) is 1. The molecule has 0 saturated heterocycles. The average Bonchev–Trinajstić information content (AvgIpc) is 2.68. The molecule has 1 fully saturated rings. The maximum atomic E-state index is 5.88. The van der Waals surface area contributed by atoms with E-state index in [4.69, 9.17) is 4.74 Å². The lowest BCUT2D eigenvalue weighted by molar-refractivity contribution is 0.0589. The summed E-state index contributed by atoms with van der Waals surface area (Å²) in [4.78, 5) is 0. The van der Waals surface area contributed by atoms with Gasteiger partial charge in [0.25, 0.3) is 0 Å². The van der Waals surface area contributed by atoms with Crippen LogP contribution >= 0.6 is 0 Å². The third-order valence-corrected chi connectivity index (χ3v) is 4.26. The molecule has 0 aromatic carbocycles. The molecular formula is C17H35NO. The quantitative estimate of drug-likeness (QED) is 0.459. The van der Waals surface area contributed by atoms with Crippen LogP contribution < -0.4 is 5.32 Å². The predicted octanol–water partition coefficient (Wildman–Crippen LogP) is 4.67. The molecule has 0 aliphatic heterocycles. The molecule has 0 bridgehead atoms. The second-order valence-electron chi connectivity index (χ2n) is 6.17. The van der Waals surface area contributed by atoms with Crippen LogP contribution in [0.3, 0.4) is 0 Å². The van der Waals surface area contributed by atoms with Crippen molar-refractivity contribution in [3.63, 3.8) is 0 Å². The van der Waals surface area contributed by atoms with E-state index in [0.717, 1.165) is 19.2 Å². The Morgan fingerprint density at radius 3 is 2.47 bits per heavy atom. The van der Waals surface area contributed by atoms with Crippen molar-refractivity contribution in [2.45, 2.75) is 96.6 Å². The van der Waals surface area contributed by atoms with Gasteiger partial charge in [0.1, 0.15) is 0 Å². The SMILES string of the molecule is CCCCCCC(C)OCCNC1CCCCCC1. The van der Waals surface area contributed by atoms with Crippen LogP contribution in [-0.2, 0) is 4.74 Å². The average molecular weight is 269 g/mol. The van der Waals surface area contributed by atoms with E-state index in [1.807, 2.05) is 0 Å². The predicted molar refractivity (Wildman–Crippen MR) is 83.7 cm³/mol. The molecule has 1 aliphatic rings. The third-order valence-electron chi connectivity index (χ3n) is 4.26. The summed E-state index contributed by atoms with van der Waals surface area (Å²) in [6, 6.07) is 0.756. The van der Waals surface area contributed by atoms with E-state index < -0.39 is 0 Å².